The minimum absolute atomic E-state index is 0.0773. The summed E-state index contributed by atoms with van der Waals surface area (Å²) in [4.78, 5) is 15.2. The molecule has 24 heavy (non-hydrogen) atoms. The zero-order valence-corrected chi connectivity index (χ0v) is 14.3. The Labute approximate surface area is 144 Å². The predicted octanol–water partition coefficient (Wildman–Crippen LogP) is 4.15. The highest BCUT2D eigenvalue weighted by Crippen LogP contribution is 2.31. The van der Waals surface area contributed by atoms with Gasteiger partial charge in [0.15, 0.2) is 0 Å². The van der Waals surface area contributed by atoms with E-state index in [-0.39, 0.29) is 11.9 Å². The number of carbonyl (C=O) groups excluding carboxylic acids is 1. The van der Waals surface area contributed by atoms with Crippen molar-refractivity contribution in [3.05, 3.63) is 71.3 Å². The van der Waals surface area contributed by atoms with Crippen molar-refractivity contribution in [2.24, 2.45) is 11.7 Å². The molecule has 3 nitrogen and oxygen atoms in total. The van der Waals surface area contributed by atoms with Crippen molar-refractivity contribution in [1.82, 2.24) is 4.90 Å². The van der Waals surface area contributed by atoms with E-state index in [0.717, 1.165) is 17.7 Å². The van der Waals surface area contributed by atoms with Crippen LogP contribution in [0, 0.1) is 5.92 Å². The predicted molar refractivity (Wildman–Crippen MR) is 97.6 cm³/mol. The molecular weight excluding hydrogens is 296 g/mol. The van der Waals surface area contributed by atoms with Gasteiger partial charge in [-0.3, -0.25) is 4.79 Å². The molecule has 3 rings (SSSR count). The Morgan fingerprint density at radius 3 is 2.33 bits per heavy atom. The van der Waals surface area contributed by atoms with E-state index < -0.39 is 0 Å². The third-order valence-corrected chi connectivity index (χ3v) is 5.13. The normalized spacial score (nSPS) is 15.6. The second kappa shape index (κ2) is 7.63. The van der Waals surface area contributed by atoms with Crippen LogP contribution in [0.15, 0.2) is 54.6 Å². The second-order valence-electron chi connectivity index (χ2n) is 6.74. The average Bonchev–Trinajstić information content (AvgIpc) is 2.61. The maximum atomic E-state index is 13.1. The van der Waals surface area contributed by atoms with Crippen molar-refractivity contribution in [3.8, 4) is 0 Å². The first-order chi connectivity index (χ1) is 11.7. The molecule has 1 fully saturated rings. The largest absolute Gasteiger partial charge is 0.332 e. The fraction of sp³-hybridized carbons (Fsp3) is 0.381. The summed E-state index contributed by atoms with van der Waals surface area (Å²) in [6, 6.07) is 18.1. The van der Waals surface area contributed by atoms with Crippen LogP contribution in [0.5, 0.6) is 0 Å². The zero-order valence-electron chi connectivity index (χ0n) is 14.3. The van der Waals surface area contributed by atoms with Crippen molar-refractivity contribution in [3.63, 3.8) is 0 Å². The summed E-state index contributed by atoms with van der Waals surface area (Å²) in [6.45, 7) is 3.47. The number of amides is 1. The van der Waals surface area contributed by atoms with Crippen LogP contribution in [0.3, 0.4) is 0 Å². The molecule has 0 heterocycles. The average molecular weight is 322 g/mol. The van der Waals surface area contributed by atoms with Crippen molar-refractivity contribution in [1.29, 1.82) is 0 Å². The molecule has 0 aliphatic heterocycles. The minimum atomic E-state index is 0.0773. The van der Waals surface area contributed by atoms with Crippen LogP contribution in [-0.4, -0.2) is 17.4 Å². The molecule has 1 aliphatic carbocycles. The number of carbonyl (C=O) groups is 1. The Morgan fingerprint density at radius 1 is 1.12 bits per heavy atom. The molecule has 126 valence electrons. The molecule has 1 unspecified atom stereocenters. The summed E-state index contributed by atoms with van der Waals surface area (Å²) in [5, 5.41) is 0. The van der Waals surface area contributed by atoms with Gasteiger partial charge in [0.25, 0.3) is 5.91 Å². The van der Waals surface area contributed by atoms with Crippen molar-refractivity contribution in [2.75, 3.05) is 6.54 Å². The first-order valence-electron chi connectivity index (χ1n) is 8.84. The van der Waals surface area contributed by atoms with Crippen molar-refractivity contribution < 1.29 is 4.79 Å². The second-order valence-corrected chi connectivity index (χ2v) is 6.74. The van der Waals surface area contributed by atoms with E-state index in [1.165, 1.54) is 24.8 Å². The highest BCUT2D eigenvalue weighted by molar-refractivity contribution is 5.94. The van der Waals surface area contributed by atoms with Crippen LogP contribution in [-0.2, 0) is 6.54 Å². The van der Waals surface area contributed by atoms with Gasteiger partial charge >= 0.3 is 0 Å². The smallest absolute Gasteiger partial charge is 0.254 e. The first kappa shape index (κ1) is 16.7. The van der Waals surface area contributed by atoms with Gasteiger partial charge in [0, 0.05) is 18.7 Å². The Kier molecular flexibility index (Phi) is 5.31. The maximum Gasteiger partial charge on any atom is 0.254 e. The fourth-order valence-electron chi connectivity index (χ4n) is 3.23. The molecule has 0 spiro atoms. The number of nitrogens with two attached hydrogens (primary N) is 1. The van der Waals surface area contributed by atoms with E-state index in [2.05, 4.69) is 19.1 Å². The van der Waals surface area contributed by atoms with Crippen LogP contribution in [0.25, 0.3) is 0 Å². The van der Waals surface area contributed by atoms with Gasteiger partial charge in [-0.1, -0.05) is 48.9 Å². The summed E-state index contributed by atoms with van der Waals surface area (Å²) in [5.41, 5.74) is 8.63. The third-order valence-electron chi connectivity index (χ3n) is 5.13. The molecule has 2 N–H and O–H groups in total. The number of benzene rings is 2. The van der Waals surface area contributed by atoms with E-state index in [9.17, 15) is 4.79 Å². The number of hydrogen-bond donors (Lipinski definition) is 1. The third kappa shape index (κ3) is 3.68. The lowest BCUT2D eigenvalue weighted by Crippen LogP contribution is -2.39. The van der Waals surface area contributed by atoms with E-state index in [4.69, 9.17) is 5.73 Å². The quantitative estimate of drug-likeness (QED) is 0.868. The summed E-state index contributed by atoms with van der Waals surface area (Å²) in [6.07, 6.45) is 3.76. The Balaban J connectivity index is 1.83. The first-order valence-corrected chi connectivity index (χ1v) is 8.84. The molecule has 1 saturated carbocycles. The molecule has 1 amide bonds. The molecule has 3 heteroatoms. The summed E-state index contributed by atoms with van der Waals surface area (Å²) in [5.74, 6) is 0.755. The number of rotatable bonds is 6. The SMILES string of the molecule is CC(c1ccccc1)N(CC1CCC1)C(=O)c1ccc(CN)cc1. The maximum absolute atomic E-state index is 13.1. The van der Waals surface area contributed by atoms with E-state index in [1.807, 2.05) is 47.4 Å². The van der Waals surface area contributed by atoms with Crippen molar-refractivity contribution in [2.45, 2.75) is 38.8 Å². The van der Waals surface area contributed by atoms with Crippen LogP contribution in [0.4, 0.5) is 0 Å². The molecule has 0 saturated heterocycles. The molecule has 1 aliphatic rings. The van der Waals surface area contributed by atoms with E-state index in [1.54, 1.807) is 0 Å². The lowest BCUT2D eigenvalue weighted by molar-refractivity contribution is 0.0613. The van der Waals surface area contributed by atoms with Gasteiger partial charge in [-0.25, -0.2) is 0 Å². The monoisotopic (exact) mass is 322 g/mol. The Morgan fingerprint density at radius 2 is 1.79 bits per heavy atom. The molecular formula is C21H26N2O. The molecule has 0 aromatic heterocycles. The lowest BCUT2D eigenvalue weighted by Gasteiger charge is -2.36. The van der Waals surface area contributed by atoms with Crippen LogP contribution < -0.4 is 5.73 Å². The highest BCUT2D eigenvalue weighted by atomic mass is 16.2. The van der Waals surface area contributed by atoms with Crippen LogP contribution in [0.2, 0.25) is 0 Å². The van der Waals surface area contributed by atoms with Gasteiger partial charge in [-0.05, 0) is 48.9 Å². The van der Waals surface area contributed by atoms with Crippen LogP contribution >= 0.6 is 0 Å². The lowest BCUT2D eigenvalue weighted by atomic mass is 9.84. The van der Waals surface area contributed by atoms with Gasteiger partial charge in [0.2, 0.25) is 0 Å². The summed E-state index contributed by atoms with van der Waals surface area (Å²) >= 11 is 0. The topological polar surface area (TPSA) is 46.3 Å². The van der Waals surface area contributed by atoms with Gasteiger partial charge in [0.05, 0.1) is 6.04 Å². The Bertz CT molecular complexity index is 662. The molecule has 0 bridgehead atoms. The van der Waals surface area contributed by atoms with Gasteiger partial charge < -0.3 is 10.6 Å². The van der Waals surface area contributed by atoms with Crippen molar-refractivity contribution >= 4 is 5.91 Å². The number of hydrogen-bond acceptors (Lipinski definition) is 2. The molecule has 1 atom stereocenters. The minimum Gasteiger partial charge on any atom is -0.332 e. The standard InChI is InChI=1S/C21H26N2O/c1-16(19-8-3-2-4-9-19)23(15-18-6-5-7-18)21(24)20-12-10-17(14-22)11-13-20/h2-4,8-13,16,18H,5-7,14-15,22H2,1H3. The zero-order chi connectivity index (χ0) is 16.9. The highest BCUT2D eigenvalue weighted by Gasteiger charge is 2.28. The molecule has 0 radical (unpaired) electrons. The molecule has 2 aromatic carbocycles. The molecule has 2 aromatic rings. The summed E-state index contributed by atoms with van der Waals surface area (Å²) in [7, 11) is 0. The van der Waals surface area contributed by atoms with Gasteiger partial charge in [-0.2, -0.15) is 0 Å². The Hall–Kier alpha value is -2.13. The van der Waals surface area contributed by atoms with Gasteiger partial charge in [0.1, 0.15) is 0 Å². The fourth-order valence-corrected chi connectivity index (χ4v) is 3.23. The summed E-state index contributed by atoms with van der Waals surface area (Å²) < 4.78 is 0. The van der Waals surface area contributed by atoms with E-state index >= 15 is 0 Å². The number of nitrogens with zero attached hydrogens (tertiary/aromatic N) is 1. The van der Waals surface area contributed by atoms with Gasteiger partial charge in [-0.15, -0.1) is 0 Å². The van der Waals surface area contributed by atoms with Crippen LogP contribution in [0.1, 0.15) is 53.7 Å². The van der Waals surface area contributed by atoms with E-state index in [0.29, 0.717) is 12.5 Å².